The predicted octanol–water partition coefficient (Wildman–Crippen LogP) is 3.07. The van der Waals surface area contributed by atoms with Crippen molar-refractivity contribution >= 4 is 35.6 Å². The third kappa shape index (κ3) is 7.62. The number of hydrogen-bond donors (Lipinski definition) is 3. The van der Waals surface area contributed by atoms with Gasteiger partial charge in [0.2, 0.25) is 23.4 Å². The fourth-order valence-corrected chi connectivity index (χ4v) is 5.39. The number of rotatable bonds is 13. The molecule has 3 N–H and O–H groups in total. The summed E-state index contributed by atoms with van der Waals surface area (Å²) in [7, 11) is 2.05. The fraction of sp³-hybridized carbons (Fsp3) is 0.739. The van der Waals surface area contributed by atoms with Crippen molar-refractivity contribution in [3.8, 4) is 0 Å². The van der Waals surface area contributed by atoms with Crippen LogP contribution >= 0.6 is 11.6 Å². The Morgan fingerprint density at radius 3 is 2.74 bits per heavy atom. The van der Waals surface area contributed by atoms with E-state index in [1.54, 1.807) is 0 Å². The summed E-state index contributed by atoms with van der Waals surface area (Å²) in [6, 6.07) is 0.101. The first-order valence-corrected chi connectivity index (χ1v) is 12.8. The van der Waals surface area contributed by atoms with Gasteiger partial charge in [-0.2, -0.15) is 14.4 Å². The maximum Gasteiger partial charge on any atom is 0.243 e. The highest BCUT2D eigenvalue weighted by Gasteiger charge is 2.31. The summed E-state index contributed by atoms with van der Waals surface area (Å²) >= 11 is 6.13. The molecule has 2 atom stereocenters. The normalized spacial score (nSPS) is 19.3. The highest BCUT2D eigenvalue weighted by Crippen LogP contribution is 2.32. The molecule has 0 spiro atoms. The second kappa shape index (κ2) is 13.2. The molecule has 1 saturated carbocycles. The molecule has 10 nitrogen and oxygen atoms in total. The van der Waals surface area contributed by atoms with E-state index in [9.17, 15) is 14.8 Å². The van der Waals surface area contributed by atoms with Crippen molar-refractivity contribution in [3.05, 3.63) is 11.1 Å². The Morgan fingerprint density at radius 2 is 2.06 bits per heavy atom. The summed E-state index contributed by atoms with van der Waals surface area (Å²) < 4.78 is 15.5. The van der Waals surface area contributed by atoms with Crippen LogP contribution in [0.4, 0.5) is 16.0 Å². The van der Waals surface area contributed by atoms with E-state index in [0.717, 1.165) is 58.0 Å². The summed E-state index contributed by atoms with van der Waals surface area (Å²) in [5.74, 6) is -1.58. The molecule has 2 aliphatic rings. The lowest BCUT2D eigenvalue weighted by atomic mass is 9.92. The molecule has 0 bridgehead atoms. The number of aromatic nitrogens is 2. The minimum atomic E-state index is -0.691. The highest BCUT2D eigenvalue weighted by atomic mass is 35.5. The van der Waals surface area contributed by atoms with Gasteiger partial charge in [-0.1, -0.05) is 32.6 Å². The van der Waals surface area contributed by atoms with Gasteiger partial charge in [0.15, 0.2) is 11.6 Å². The maximum atomic E-state index is 15.5. The Balaban J connectivity index is 1.70. The van der Waals surface area contributed by atoms with Gasteiger partial charge in [-0.25, -0.2) is 5.06 Å². The van der Waals surface area contributed by atoms with E-state index in [0.29, 0.717) is 23.9 Å². The second-order valence-electron chi connectivity index (χ2n) is 9.66. The van der Waals surface area contributed by atoms with E-state index in [4.69, 9.17) is 11.6 Å². The molecule has 0 aromatic carbocycles. The van der Waals surface area contributed by atoms with Gasteiger partial charge in [-0.15, -0.1) is 0 Å². The Labute approximate surface area is 211 Å². The van der Waals surface area contributed by atoms with Gasteiger partial charge in [0.1, 0.15) is 0 Å². The number of likely N-dealkylation sites (N-methyl/N-ethyl adjacent to an activating group) is 1. The SMILES string of the molecule is CCCN(C)C[C@@H]1CCCN1c1nc(Cl)nc(NNC(=O)[C@@H](CC2CCCC2)CN(O)C=O)c1F. The molecule has 12 heteroatoms. The molecule has 1 aliphatic carbocycles. The molecule has 1 saturated heterocycles. The third-order valence-corrected chi connectivity index (χ3v) is 7.05. The Bertz CT molecular complexity index is 859. The second-order valence-corrected chi connectivity index (χ2v) is 9.99. The van der Waals surface area contributed by atoms with Gasteiger partial charge in [0, 0.05) is 19.1 Å². The van der Waals surface area contributed by atoms with Crippen molar-refractivity contribution in [2.45, 2.75) is 64.3 Å². The molecule has 0 unspecified atom stereocenters. The van der Waals surface area contributed by atoms with Gasteiger partial charge in [-0.05, 0) is 56.8 Å². The summed E-state index contributed by atoms with van der Waals surface area (Å²) in [5, 5.41) is 9.99. The largest absolute Gasteiger partial charge is 0.350 e. The van der Waals surface area contributed by atoms with Crippen LogP contribution in [0.5, 0.6) is 0 Å². The molecule has 1 aromatic heterocycles. The van der Waals surface area contributed by atoms with Crippen molar-refractivity contribution in [2.75, 3.05) is 43.6 Å². The quantitative estimate of drug-likeness (QED) is 0.160. The van der Waals surface area contributed by atoms with Gasteiger partial charge >= 0.3 is 0 Å². The van der Waals surface area contributed by atoms with Crippen LogP contribution in [0.15, 0.2) is 0 Å². The molecule has 3 rings (SSSR count). The predicted molar refractivity (Wildman–Crippen MR) is 132 cm³/mol. The van der Waals surface area contributed by atoms with Crippen molar-refractivity contribution in [2.24, 2.45) is 11.8 Å². The van der Waals surface area contributed by atoms with Crippen LogP contribution in [-0.4, -0.2) is 76.7 Å². The molecule has 0 radical (unpaired) electrons. The molecule has 2 fully saturated rings. The monoisotopic (exact) mass is 513 g/mol. The molecule has 2 heterocycles. The molecular formula is C23H37ClFN7O3. The van der Waals surface area contributed by atoms with Gasteiger partial charge in [-0.3, -0.25) is 25.6 Å². The third-order valence-electron chi connectivity index (χ3n) is 6.88. The number of hydrazine groups is 1. The van der Waals surface area contributed by atoms with E-state index in [-0.39, 0.29) is 35.9 Å². The zero-order valence-corrected chi connectivity index (χ0v) is 21.3. The molecule has 35 heavy (non-hydrogen) atoms. The Kier molecular flexibility index (Phi) is 10.3. The van der Waals surface area contributed by atoms with Crippen LogP contribution in [0.2, 0.25) is 5.28 Å². The number of nitrogens with zero attached hydrogens (tertiary/aromatic N) is 5. The van der Waals surface area contributed by atoms with Crippen LogP contribution in [0.3, 0.4) is 0 Å². The number of hydroxylamine groups is 2. The summed E-state index contributed by atoms with van der Waals surface area (Å²) in [6.07, 6.45) is 7.89. The molecule has 2 amide bonds. The van der Waals surface area contributed by atoms with Crippen molar-refractivity contribution in [1.82, 2.24) is 25.4 Å². The molecule has 1 aliphatic heterocycles. The summed E-state index contributed by atoms with van der Waals surface area (Å²) in [4.78, 5) is 36.0. The first-order chi connectivity index (χ1) is 16.8. The summed E-state index contributed by atoms with van der Waals surface area (Å²) in [6.45, 7) is 4.36. The Hall–Kier alpha value is -2.24. The molecular weight excluding hydrogens is 477 g/mol. The number of carbonyl (C=O) groups excluding carboxylic acids is 2. The lowest BCUT2D eigenvalue weighted by molar-refractivity contribution is -0.154. The van der Waals surface area contributed by atoms with Crippen molar-refractivity contribution in [1.29, 1.82) is 0 Å². The number of anilines is 2. The van der Waals surface area contributed by atoms with E-state index >= 15 is 4.39 Å². The smallest absolute Gasteiger partial charge is 0.243 e. The first-order valence-electron chi connectivity index (χ1n) is 12.5. The number of hydrogen-bond acceptors (Lipinski definition) is 8. The Morgan fingerprint density at radius 1 is 1.31 bits per heavy atom. The van der Waals surface area contributed by atoms with E-state index in [2.05, 4.69) is 32.6 Å². The topological polar surface area (TPSA) is 114 Å². The average Bonchev–Trinajstić information content (AvgIpc) is 3.51. The fourth-order valence-electron chi connectivity index (χ4n) is 5.22. The van der Waals surface area contributed by atoms with Crippen LogP contribution in [0.1, 0.15) is 58.3 Å². The van der Waals surface area contributed by atoms with Crippen LogP contribution in [-0.2, 0) is 9.59 Å². The molecule has 1 aromatic rings. The molecule has 196 valence electrons. The van der Waals surface area contributed by atoms with Crippen LogP contribution in [0, 0.1) is 17.7 Å². The van der Waals surface area contributed by atoms with Gasteiger partial charge in [0.05, 0.1) is 12.5 Å². The van der Waals surface area contributed by atoms with E-state index < -0.39 is 17.6 Å². The van der Waals surface area contributed by atoms with Crippen LogP contribution < -0.4 is 15.8 Å². The van der Waals surface area contributed by atoms with Crippen molar-refractivity contribution < 1.29 is 19.2 Å². The summed E-state index contributed by atoms with van der Waals surface area (Å²) in [5.41, 5.74) is 5.04. The first kappa shape index (κ1) is 27.3. The van der Waals surface area contributed by atoms with Gasteiger partial charge in [0.25, 0.3) is 0 Å². The standard InChI is InChI=1S/C23H37ClFN7O3/c1-3-10-30(2)14-18-9-6-11-32(18)21-19(25)20(26-23(24)27-21)28-29-22(34)17(13-31(35)15-33)12-16-7-4-5-8-16/h15-18,35H,3-14H2,1-2H3,(H,29,34)(H,26,27,28)/t17-,18-/m0/s1. The number of amides is 2. The lowest BCUT2D eigenvalue weighted by Crippen LogP contribution is -2.42. The van der Waals surface area contributed by atoms with Crippen LogP contribution in [0.25, 0.3) is 0 Å². The number of carbonyl (C=O) groups is 2. The average molecular weight is 514 g/mol. The van der Waals surface area contributed by atoms with Crippen molar-refractivity contribution in [3.63, 3.8) is 0 Å². The number of nitrogens with one attached hydrogen (secondary N) is 2. The zero-order chi connectivity index (χ0) is 25.4. The zero-order valence-electron chi connectivity index (χ0n) is 20.6. The minimum absolute atomic E-state index is 0.101. The minimum Gasteiger partial charge on any atom is -0.350 e. The number of halogens is 2. The van der Waals surface area contributed by atoms with E-state index in [1.807, 2.05) is 11.9 Å². The highest BCUT2D eigenvalue weighted by molar-refractivity contribution is 6.28. The maximum absolute atomic E-state index is 15.5. The van der Waals surface area contributed by atoms with Gasteiger partial charge < -0.3 is 9.80 Å². The lowest BCUT2D eigenvalue weighted by Gasteiger charge is -2.30. The van der Waals surface area contributed by atoms with E-state index in [1.165, 1.54) is 0 Å².